The lowest BCUT2D eigenvalue weighted by Gasteiger charge is -2.14. The first kappa shape index (κ1) is 10.1. The summed E-state index contributed by atoms with van der Waals surface area (Å²) in [5.74, 6) is 0.822. The molecule has 0 spiro atoms. The third-order valence-electron chi connectivity index (χ3n) is 1.55. The summed E-state index contributed by atoms with van der Waals surface area (Å²) in [5.41, 5.74) is 0. The predicted molar refractivity (Wildman–Crippen MR) is 51.6 cm³/mol. The van der Waals surface area contributed by atoms with Crippen LogP contribution in [0.2, 0.25) is 0 Å². The van der Waals surface area contributed by atoms with Gasteiger partial charge in [0.05, 0.1) is 6.61 Å². The highest BCUT2D eigenvalue weighted by Gasteiger charge is 2.01. The molecule has 0 amide bonds. The Balaban J connectivity index is 2.32. The fourth-order valence-corrected chi connectivity index (χ4v) is 0.960. The van der Waals surface area contributed by atoms with Crippen molar-refractivity contribution in [2.24, 2.45) is 0 Å². The Morgan fingerprint density at radius 2 is 2.08 bits per heavy atom. The lowest BCUT2D eigenvalue weighted by Crippen LogP contribution is -2.16. The first-order valence-electron chi connectivity index (χ1n) is 4.57. The third kappa shape index (κ3) is 3.95. The zero-order valence-corrected chi connectivity index (χ0v) is 8.12. The molecule has 0 aliphatic heterocycles. The largest absolute Gasteiger partial charge is 0.465 e. The number of rotatable bonds is 5. The molecule has 1 rings (SSSR count). The molecule has 0 saturated carbocycles. The van der Waals surface area contributed by atoms with Crippen LogP contribution >= 0.6 is 0 Å². The Morgan fingerprint density at radius 3 is 2.69 bits per heavy atom. The minimum absolute atomic E-state index is 0.178. The molecule has 0 fully saturated rings. The van der Waals surface area contributed by atoms with Crippen LogP contribution in [0.15, 0.2) is 24.3 Å². The van der Waals surface area contributed by atoms with Crippen LogP contribution in [0.4, 0.5) is 0 Å². The van der Waals surface area contributed by atoms with Crippen molar-refractivity contribution in [1.29, 1.82) is 0 Å². The zero-order chi connectivity index (χ0) is 9.52. The highest BCUT2D eigenvalue weighted by atomic mass is 16.7. The second kappa shape index (κ2) is 5.60. The van der Waals surface area contributed by atoms with Crippen LogP contribution in [0.3, 0.4) is 0 Å². The van der Waals surface area contributed by atoms with E-state index in [0.29, 0.717) is 0 Å². The van der Waals surface area contributed by atoms with Gasteiger partial charge in [-0.1, -0.05) is 19.1 Å². The zero-order valence-electron chi connectivity index (χ0n) is 8.12. The molecule has 1 radical (unpaired) electrons. The number of ether oxygens (including phenoxy) is 2. The van der Waals surface area contributed by atoms with Crippen LogP contribution in [0.5, 0.6) is 5.75 Å². The van der Waals surface area contributed by atoms with Gasteiger partial charge in [0.15, 0.2) is 6.29 Å². The summed E-state index contributed by atoms with van der Waals surface area (Å²) in [7, 11) is 0. The molecule has 1 unspecified atom stereocenters. The van der Waals surface area contributed by atoms with E-state index >= 15 is 0 Å². The maximum absolute atomic E-state index is 5.47. The third-order valence-corrected chi connectivity index (χ3v) is 1.55. The molecule has 0 aliphatic carbocycles. The van der Waals surface area contributed by atoms with Gasteiger partial charge in [-0.05, 0) is 31.5 Å². The summed E-state index contributed by atoms with van der Waals surface area (Å²) >= 11 is 0. The molecule has 2 heteroatoms. The van der Waals surface area contributed by atoms with Crippen molar-refractivity contribution in [3.05, 3.63) is 30.3 Å². The summed E-state index contributed by atoms with van der Waals surface area (Å²) in [5, 5.41) is 0. The molecule has 0 aliphatic rings. The van der Waals surface area contributed by atoms with Gasteiger partial charge < -0.3 is 9.47 Å². The lowest BCUT2D eigenvalue weighted by atomic mass is 10.3. The van der Waals surface area contributed by atoms with E-state index in [4.69, 9.17) is 9.47 Å². The van der Waals surface area contributed by atoms with E-state index in [0.717, 1.165) is 18.8 Å². The van der Waals surface area contributed by atoms with Crippen LogP contribution < -0.4 is 4.74 Å². The molecule has 71 valence electrons. The van der Waals surface area contributed by atoms with Gasteiger partial charge in [-0.25, -0.2) is 0 Å². The topological polar surface area (TPSA) is 18.5 Å². The van der Waals surface area contributed by atoms with Crippen LogP contribution in [0.25, 0.3) is 0 Å². The van der Waals surface area contributed by atoms with Crippen molar-refractivity contribution in [2.45, 2.75) is 26.6 Å². The van der Waals surface area contributed by atoms with Crippen molar-refractivity contribution < 1.29 is 9.47 Å². The summed E-state index contributed by atoms with van der Waals surface area (Å²) in [6.45, 7) is 4.71. The van der Waals surface area contributed by atoms with E-state index in [-0.39, 0.29) is 6.29 Å². The average Bonchev–Trinajstić information content (AvgIpc) is 2.16. The van der Waals surface area contributed by atoms with E-state index in [2.05, 4.69) is 13.0 Å². The molecular weight excluding hydrogens is 164 g/mol. The molecule has 0 saturated heterocycles. The number of benzene rings is 1. The maximum atomic E-state index is 5.47. The molecule has 0 heterocycles. The molecule has 13 heavy (non-hydrogen) atoms. The molecule has 1 aromatic rings. The standard InChI is InChI=1S/C11H15O2/c1-3-9-12-10(2)13-11-7-5-4-6-8-11/h5-8,10H,3,9H2,1-2H3. The van der Waals surface area contributed by atoms with Crippen molar-refractivity contribution in [2.75, 3.05) is 6.61 Å². The SMILES string of the molecule is CCCOC(C)Oc1cc[c]cc1. The van der Waals surface area contributed by atoms with Gasteiger partial charge in [-0.2, -0.15) is 0 Å². The Kier molecular flexibility index (Phi) is 4.33. The van der Waals surface area contributed by atoms with Crippen LogP contribution in [-0.2, 0) is 4.74 Å². The van der Waals surface area contributed by atoms with Crippen LogP contribution in [0.1, 0.15) is 20.3 Å². The monoisotopic (exact) mass is 179 g/mol. The van der Waals surface area contributed by atoms with Gasteiger partial charge in [0, 0.05) is 0 Å². The molecule has 0 N–H and O–H groups in total. The number of hydrogen-bond acceptors (Lipinski definition) is 2. The van der Waals surface area contributed by atoms with E-state index in [1.54, 1.807) is 0 Å². The van der Waals surface area contributed by atoms with Gasteiger partial charge in [-0.3, -0.25) is 0 Å². The Hall–Kier alpha value is -1.02. The summed E-state index contributed by atoms with van der Waals surface area (Å²) in [6.07, 6.45) is 0.832. The fourth-order valence-electron chi connectivity index (χ4n) is 0.960. The van der Waals surface area contributed by atoms with Crippen LogP contribution in [-0.4, -0.2) is 12.9 Å². The first-order chi connectivity index (χ1) is 6.33. The fraction of sp³-hybridized carbons (Fsp3) is 0.455. The van der Waals surface area contributed by atoms with Gasteiger partial charge in [0.25, 0.3) is 0 Å². The van der Waals surface area contributed by atoms with Gasteiger partial charge in [0.2, 0.25) is 0 Å². The highest BCUT2D eigenvalue weighted by molar-refractivity contribution is 5.20. The van der Waals surface area contributed by atoms with E-state index in [1.807, 2.05) is 31.2 Å². The molecule has 1 atom stereocenters. The number of hydrogen-bond donors (Lipinski definition) is 0. The molecule has 0 bridgehead atoms. The Labute approximate surface area is 79.5 Å². The summed E-state index contributed by atoms with van der Waals surface area (Å²) < 4.78 is 10.8. The smallest absolute Gasteiger partial charge is 0.196 e. The quantitative estimate of drug-likeness (QED) is 0.647. The summed E-state index contributed by atoms with van der Waals surface area (Å²) in [6, 6.07) is 10.3. The second-order valence-electron chi connectivity index (χ2n) is 2.79. The molecule has 1 aromatic carbocycles. The van der Waals surface area contributed by atoms with Crippen LogP contribution in [0, 0.1) is 6.07 Å². The molecular formula is C11H15O2. The first-order valence-corrected chi connectivity index (χ1v) is 4.57. The van der Waals surface area contributed by atoms with Gasteiger partial charge in [-0.15, -0.1) is 0 Å². The molecule has 2 nitrogen and oxygen atoms in total. The minimum atomic E-state index is -0.178. The van der Waals surface area contributed by atoms with Gasteiger partial charge in [0.1, 0.15) is 5.75 Å². The van der Waals surface area contributed by atoms with Gasteiger partial charge >= 0.3 is 0 Å². The second-order valence-corrected chi connectivity index (χ2v) is 2.79. The van der Waals surface area contributed by atoms with Crippen molar-refractivity contribution in [3.8, 4) is 5.75 Å². The Morgan fingerprint density at radius 1 is 1.38 bits per heavy atom. The maximum Gasteiger partial charge on any atom is 0.196 e. The van der Waals surface area contributed by atoms with E-state index in [9.17, 15) is 0 Å². The lowest BCUT2D eigenvalue weighted by molar-refractivity contribution is -0.0662. The molecule has 0 aromatic heterocycles. The van der Waals surface area contributed by atoms with Crippen molar-refractivity contribution in [3.63, 3.8) is 0 Å². The normalized spacial score (nSPS) is 12.5. The Bertz CT molecular complexity index is 221. The average molecular weight is 179 g/mol. The summed E-state index contributed by atoms with van der Waals surface area (Å²) in [4.78, 5) is 0. The van der Waals surface area contributed by atoms with Crippen molar-refractivity contribution in [1.82, 2.24) is 0 Å². The van der Waals surface area contributed by atoms with E-state index in [1.165, 1.54) is 0 Å². The van der Waals surface area contributed by atoms with Crippen molar-refractivity contribution >= 4 is 0 Å². The highest BCUT2D eigenvalue weighted by Crippen LogP contribution is 2.10. The van der Waals surface area contributed by atoms with E-state index < -0.39 is 0 Å². The minimum Gasteiger partial charge on any atom is -0.465 e. The predicted octanol–water partition coefficient (Wildman–Crippen LogP) is 2.64.